The summed E-state index contributed by atoms with van der Waals surface area (Å²) < 4.78 is 0. The van der Waals surface area contributed by atoms with Crippen molar-refractivity contribution < 1.29 is 4.79 Å². The van der Waals surface area contributed by atoms with Gasteiger partial charge >= 0.3 is 0 Å². The fraction of sp³-hybridized carbons (Fsp3) is 0.533. The Labute approximate surface area is 107 Å². The molecule has 0 spiro atoms. The van der Waals surface area contributed by atoms with Crippen molar-refractivity contribution in [3.8, 4) is 0 Å². The van der Waals surface area contributed by atoms with Crippen molar-refractivity contribution in [2.75, 3.05) is 0 Å². The minimum atomic E-state index is 0.287. The van der Waals surface area contributed by atoms with Crippen LogP contribution in [-0.4, -0.2) is 16.3 Å². The second-order valence-corrected chi connectivity index (χ2v) is 6.91. The number of carbonyl (C=O) groups is 1. The van der Waals surface area contributed by atoms with Crippen molar-refractivity contribution in [1.29, 1.82) is 0 Å². The molecule has 2 unspecified atom stereocenters. The van der Waals surface area contributed by atoms with Crippen molar-refractivity contribution in [1.82, 2.24) is 0 Å². The highest BCUT2D eigenvalue weighted by Crippen LogP contribution is 2.46. The van der Waals surface area contributed by atoms with Gasteiger partial charge in [-0.25, -0.2) is 0 Å². The van der Waals surface area contributed by atoms with Crippen LogP contribution in [0.5, 0.6) is 0 Å². The van der Waals surface area contributed by atoms with E-state index in [0.717, 1.165) is 34.5 Å². The minimum Gasteiger partial charge on any atom is -0.294 e. The maximum absolute atomic E-state index is 12.5. The Morgan fingerprint density at radius 3 is 2.47 bits per heavy atom. The maximum atomic E-state index is 12.5. The molecule has 2 atom stereocenters. The van der Waals surface area contributed by atoms with Gasteiger partial charge in [0.15, 0.2) is 5.78 Å². The van der Waals surface area contributed by atoms with Crippen molar-refractivity contribution in [3.63, 3.8) is 0 Å². The van der Waals surface area contributed by atoms with Gasteiger partial charge in [-0.2, -0.15) is 11.8 Å². The van der Waals surface area contributed by atoms with Crippen molar-refractivity contribution in [2.45, 2.75) is 43.1 Å². The zero-order valence-electron chi connectivity index (χ0n) is 10.2. The number of aryl methyl sites for hydroxylation is 1. The van der Waals surface area contributed by atoms with Gasteiger partial charge in [0.25, 0.3) is 0 Å². The van der Waals surface area contributed by atoms with Crippen LogP contribution in [0.15, 0.2) is 24.3 Å². The zero-order valence-corrected chi connectivity index (χ0v) is 11.0. The Hall–Kier alpha value is -0.760. The SMILES string of the molecule is Cc1ccccc1C(=O)C1CC2CCC(C1)S2. The van der Waals surface area contributed by atoms with E-state index in [9.17, 15) is 4.79 Å². The summed E-state index contributed by atoms with van der Waals surface area (Å²) in [5, 5.41) is 1.51. The van der Waals surface area contributed by atoms with E-state index in [1.54, 1.807) is 0 Å². The number of carbonyl (C=O) groups excluding carboxylic acids is 1. The molecule has 0 aliphatic carbocycles. The summed E-state index contributed by atoms with van der Waals surface area (Å²) in [6.45, 7) is 2.04. The number of thioether (sulfide) groups is 1. The molecule has 3 rings (SSSR count). The fourth-order valence-electron chi connectivity index (χ4n) is 3.14. The third-order valence-corrected chi connectivity index (χ3v) is 5.70. The zero-order chi connectivity index (χ0) is 11.8. The average Bonchev–Trinajstić information content (AvgIpc) is 2.68. The predicted octanol–water partition coefficient (Wildman–Crippen LogP) is 3.85. The number of rotatable bonds is 2. The molecule has 0 aromatic heterocycles. The second-order valence-electron chi connectivity index (χ2n) is 5.30. The lowest BCUT2D eigenvalue weighted by Crippen LogP contribution is -2.25. The van der Waals surface area contributed by atoms with Gasteiger partial charge in [0.05, 0.1) is 0 Å². The summed E-state index contributed by atoms with van der Waals surface area (Å²) in [7, 11) is 0. The van der Waals surface area contributed by atoms with Gasteiger partial charge in [0, 0.05) is 22.0 Å². The summed E-state index contributed by atoms with van der Waals surface area (Å²) in [5.74, 6) is 0.676. The Morgan fingerprint density at radius 2 is 1.82 bits per heavy atom. The molecule has 2 saturated heterocycles. The number of hydrogen-bond acceptors (Lipinski definition) is 2. The van der Waals surface area contributed by atoms with E-state index in [4.69, 9.17) is 0 Å². The summed E-state index contributed by atoms with van der Waals surface area (Å²) in [6, 6.07) is 8.01. The van der Waals surface area contributed by atoms with Crippen LogP contribution >= 0.6 is 11.8 Å². The molecule has 90 valence electrons. The monoisotopic (exact) mass is 246 g/mol. The number of ketones is 1. The number of Topliss-reactive ketones (excluding diaryl/α,β-unsaturated/α-hetero) is 1. The number of benzene rings is 1. The molecular weight excluding hydrogens is 228 g/mol. The van der Waals surface area contributed by atoms with Crippen LogP contribution in [0.25, 0.3) is 0 Å². The molecule has 1 nitrogen and oxygen atoms in total. The van der Waals surface area contributed by atoms with Gasteiger partial charge in [-0.15, -0.1) is 0 Å². The number of fused-ring (bicyclic) bond motifs is 2. The lowest BCUT2D eigenvalue weighted by molar-refractivity contribution is 0.0906. The summed E-state index contributed by atoms with van der Waals surface area (Å²) in [6.07, 6.45) is 4.86. The normalized spacial score (nSPS) is 31.5. The summed E-state index contributed by atoms with van der Waals surface area (Å²) in [5.41, 5.74) is 2.08. The molecule has 0 radical (unpaired) electrons. The molecule has 2 fully saturated rings. The lowest BCUT2D eigenvalue weighted by Gasteiger charge is -2.26. The lowest BCUT2D eigenvalue weighted by atomic mass is 9.88. The molecule has 0 saturated carbocycles. The number of hydrogen-bond donors (Lipinski definition) is 0. The highest BCUT2D eigenvalue weighted by molar-refractivity contribution is 8.00. The molecule has 1 aromatic carbocycles. The first-order valence-corrected chi connectivity index (χ1v) is 7.43. The quantitative estimate of drug-likeness (QED) is 0.737. The Kier molecular flexibility index (Phi) is 2.99. The molecule has 2 aliphatic heterocycles. The van der Waals surface area contributed by atoms with E-state index in [1.165, 1.54) is 12.8 Å². The van der Waals surface area contributed by atoms with Gasteiger partial charge < -0.3 is 0 Å². The van der Waals surface area contributed by atoms with Gasteiger partial charge in [0.2, 0.25) is 0 Å². The topological polar surface area (TPSA) is 17.1 Å². The van der Waals surface area contributed by atoms with Crippen molar-refractivity contribution >= 4 is 17.5 Å². The molecule has 2 aliphatic rings. The molecule has 1 aromatic rings. The van der Waals surface area contributed by atoms with Crippen LogP contribution in [0.3, 0.4) is 0 Å². The van der Waals surface area contributed by atoms with Gasteiger partial charge in [-0.05, 0) is 38.2 Å². The Balaban J connectivity index is 1.81. The molecule has 2 heterocycles. The van der Waals surface area contributed by atoms with Crippen LogP contribution in [0.1, 0.15) is 41.6 Å². The first kappa shape index (κ1) is 11.3. The van der Waals surface area contributed by atoms with E-state index >= 15 is 0 Å². The van der Waals surface area contributed by atoms with Gasteiger partial charge in [-0.1, -0.05) is 24.3 Å². The third kappa shape index (κ3) is 2.15. The van der Waals surface area contributed by atoms with E-state index in [0.29, 0.717) is 5.78 Å². The average molecular weight is 246 g/mol. The van der Waals surface area contributed by atoms with Crippen LogP contribution in [0.4, 0.5) is 0 Å². The highest BCUT2D eigenvalue weighted by atomic mass is 32.2. The standard InChI is InChI=1S/C15H18OS/c1-10-4-2-3-5-14(10)15(16)11-8-12-6-7-13(9-11)17-12/h2-5,11-13H,6-9H2,1H3. The Bertz CT molecular complexity index is 428. The van der Waals surface area contributed by atoms with Crippen molar-refractivity contribution in [3.05, 3.63) is 35.4 Å². The molecular formula is C15H18OS. The minimum absolute atomic E-state index is 0.287. The van der Waals surface area contributed by atoms with Gasteiger partial charge in [-0.3, -0.25) is 4.79 Å². The largest absolute Gasteiger partial charge is 0.294 e. The van der Waals surface area contributed by atoms with E-state index in [2.05, 4.69) is 11.8 Å². The van der Waals surface area contributed by atoms with Gasteiger partial charge in [0.1, 0.15) is 0 Å². The predicted molar refractivity (Wildman–Crippen MR) is 72.6 cm³/mol. The second kappa shape index (κ2) is 4.49. The molecule has 0 amide bonds. The smallest absolute Gasteiger partial charge is 0.166 e. The molecule has 2 heteroatoms. The van der Waals surface area contributed by atoms with E-state index < -0.39 is 0 Å². The maximum Gasteiger partial charge on any atom is 0.166 e. The first-order chi connectivity index (χ1) is 8.24. The summed E-state index contributed by atoms with van der Waals surface area (Å²) in [4.78, 5) is 12.5. The molecule has 2 bridgehead atoms. The van der Waals surface area contributed by atoms with Crippen LogP contribution in [0.2, 0.25) is 0 Å². The highest BCUT2D eigenvalue weighted by Gasteiger charge is 2.38. The van der Waals surface area contributed by atoms with Crippen LogP contribution < -0.4 is 0 Å². The fourth-order valence-corrected chi connectivity index (χ4v) is 4.92. The molecule has 0 N–H and O–H groups in total. The van der Waals surface area contributed by atoms with E-state index in [1.807, 2.05) is 31.2 Å². The third-order valence-electron chi connectivity index (χ3n) is 4.07. The van der Waals surface area contributed by atoms with E-state index in [-0.39, 0.29) is 5.92 Å². The Morgan fingerprint density at radius 1 is 1.18 bits per heavy atom. The molecule has 17 heavy (non-hydrogen) atoms. The first-order valence-electron chi connectivity index (χ1n) is 6.49. The van der Waals surface area contributed by atoms with Crippen molar-refractivity contribution in [2.24, 2.45) is 5.92 Å². The van der Waals surface area contributed by atoms with Crippen LogP contribution in [-0.2, 0) is 0 Å². The summed E-state index contributed by atoms with van der Waals surface area (Å²) >= 11 is 2.12. The van der Waals surface area contributed by atoms with Crippen LogP contribution in [0, 0.1) is 12.8 Å².